The highest BCUT2D eigenvalue weighted by Crippen LogP contribution is 2.26. The number of carboxylic acid groups (broad SMARTS) is 1. The van der Waals surface area contributed by atoms with Gasteiger partial charge in [-0.1, -0.05) is 11.6 Å². The van der Waals surface area contributed by atoms with Crippen LogP contribution in [0.4, 0.5) is 0 Å². The zero-order valence-electron chi connectivity index (χ0n) is 11.1. The molecule has 0 amide bonds. The fourth-order valence-electron chi connectivity index (χ4n) is 1.77. The Morgan fingerprint density at radius 1 is 1.40 bits per heavy atom. The Labute approximate surface area is 126 Å². The summed E-state index contributed by atoms with van der Waals surface area (Å²) in [6, 6.07) is 3.78. The van der Waals surface area contributed by atoms with Crippen molar-refractivity contribution in [2.75, 3.05) is 6.61 Å². The summed E-state index contributed by atoms with van der Waals surface area (Å²) in [5.74, 6) is -0.239. The molecule has 0 aliphatic rings. The van der Waals surface area contributed by atoms with Crippen molar-refractivity contribution in [3.63, 3.8) is 0 Å². The lowest BCUT2D eigenvalue weighted by Gasteiger charge is -2.09. The summed E-state index contributed by atoms with van der Waals surface area (Å²) in [5, 5.41) is 11.8. The van der Waals surface area contributed by atoms with Gasteiger partial charge in [-0.3, -0.25) is 0 Å². The van der Waals surface area contributed by atoms with Crippen LogP contribution in [0.25, 0.3) is 0 Å². The highest BCUT2D eigenvalue weighted by Gasteiger charge is 2.09. The van der Waals surface area contributed by atoms with E-state index in [-0.39, 0.29) is 5.69 Å². The average Bonchev–Trinajstić information content (AvgIpc) is 2.85. The minimum Gasteiger partial charge on any atom is -0.493 e. The molecule has 6 heteroatoms. The Hall–Kier alpha value is -1.59. The highest BCUT2D eigenvalue weighted by molar-refractivity contribution is 7.09. The first kappa shape index (κ1) is 14.8. The molecule has 0 spiro atoms. The fraction of sp³-hybridized carbons (Fsp3) is 0.286. The van der Waals surface area contributed by atoms with E-state index in [0.29, 0.717) is 13.0 Å². The zero-order valence-corrected chi connectivity index (χ0v) is 12.7. The lowest BCUT2D eigenvalue weighted by molar-refractivity contribution is 0.0691. The smallest absolute Gasteiger partial charge is 0.355 e. The summed E-state index contributed by atoms with van der Waals surface area (Å²) in [4.78, 5) is 14.7. The SMILES string of the molecule is Cc1cc(OCCc2nc(C(=O)O)cs2)cc(C)c1Cl. The van der Waals surface area contributed by atoms with Gasteiger partial charge in [-0.15, -0.1) is 11.3 Å². The molecule has 0 radical (unpaired) electrons. The van der Waals surface area contributed by atoms with Crippen LogP contribution in [-0.2, 0) is 6.42 Å². The van der Waals surface area contributed by atoms with Crippen LogP contribution in [0.5, 0.6) is 5.75 Å². The van der Waals surface area contributed by atoms with Crippen molar-refractivity contribution in [1.82, 2.24) is 4.98 Å². The molecular weight excluding hydrogens is 298 g/mol. The van der Waals surface area contributed by atoms with Gasteiger partial charge in [0.15, 0.2) is 5.69 Å². The van der Waals surface area contributed by atoms with Crippen molar-refractivity contribution >= 4 is 28.9 Å². The number of nitrogens with zero attached hydrogens (tertiary/aromatic N) is 1. The Kier molecular flexibility index (Phi) is 4.62. The van der Waals surface area contributed by atoms with E-state index in [2.05, 4.69) is 4.98 Å². The third-order valence-electron chi connectivity index (χ3n) is 2.77. The third-order valence-corrected chi connectivity index (χ3v) is 4.27. The van der Waals surface area contributed by atoms with E-state index in [1.54, 1.807) is 0 Å². The van der Waals surface area contributed by atoms with E-state index in [4.69, 9.17) is 21.4 Å². The second-order valence-electron chi connectivity index (χ2n) is 4.40. The van der Waals surface area contributed by atoms with E-state index in [1.165, 1.54) is 16.7 Å². The first-order chi connectivity index (χ1) is 9.47. The predicted molar refractivity (Wildman–Crippen MR) is 79.2 cm³/mol. The van der Waals surface area contributed by atoms with Gasteiger partial charge >= 0.3 is 5.97 Å². The number of thiazole rings is 1. The number of hydrogen-bond acceptors (Lipinski definition) is 4. The maximum absolute atomic E-state index is 10.7. The molecule has 2 aromatic rings. The number of aromatic carboxylic acids is 1. The predicted octanol–water partition coefficient (Wildman–Crippen LogP) is 3.73. The molecule has 2 rings (SSSR count). The van der Waals surface area contributed by atoms with Gasteiger partial charge in [0.05, 0.1) is 11.6 Å². The van der Waals surface area contributed by atoms with Crippen molar-refractivity contribution in [2.45, 2.75) is 20.3 Å². The molecule has 1 heterocycles. The van der Waals surface area contributed by atoms with Crippen LogP contribution in [0.3, 0.4) is 0 Å². The summed E-state index contributed by atoms with van der Waals surface area (Å²) >= 11 is 7.42. The molecule has 1 aromatic heterocycles. The molecule has 4 nitrogen and oxygen atoms in total. The number of rotatable bonds is 5. The number of carboxylic acids is 1. The first-order valence-corrected chi connectivity index (χ1v) is 7.30. The van der Waals surface area contributed by atoms with E-state index in [1.807, 2.05) is 26.0 Å². The van der Waals surface area contributed by atoms with Crippen molar-refractivity contribution in [2.24, 2.45) is 0 Å². The van der Waals surface area contributed by atoms with E-state index >= 15 is 0 Å². The van der Waals surface area contributed by atoms with Gasteiger partial charge in [-0.05, 0) is 37.1 Å². The Morgan fingerprint density at radius 3 is 2.60 bits per heavy atom. The average molecular weight is 312 g/mol. The normalized spacial score (nSPS) is 10.6. The standard InChI is InChI=1S/C14H14ClNO3S/c1-8-5-10(6-9(2)13(8)15)19-4-3-12-16-11(7-20-12)14(17)18/h5-7H,3-4H2,1-2H3,(H,17,18). The maximum atomic E-state index is 10.7. The molecule has 0 atom stereocenters. The molecule has 1 aromatic carbocycles. The molecule has 0 fully saturated rings. The van der Waals surface area contributed by atoms with Crippen molar-refractivity contribution < 1.29 is 14.6 Å². The Bertz CT molecular complexity index is 616. The molecule has 1 N–H and O–H groups in total. The van der Waals surface area contributed by atoms with Gasteiger partial charge in [0.2, 0.25) is 0 Å². The van der Waals surface area contributed by atoms with E-state index in [0.717, 1.165) is 26.9 Å². The molecule has 0 aliphatic heterocycles. The zero-order chi connectivity index (χ0) is 14.7. The molecular formula is C14H14ClNO3S. The van der Waals surface area contributed by atoms with Gasteiger partial charge in [0, 0.05) is 16.8 Å². The second kappa shape index (κ2) is 6.24. The van der Waals surface area contributed by atoms with Crippen LogP contribution in [-0.4, -0.2) is 22.7 Å². The number of carbonyl (C=O) groups is 1. The molecule has 0 bridgehead atoms. The van der Waals surface area contributed by atoms with Crippen LogP contribution in [0.2, 0.25) is 5.02 Å². The fourth-order valence-corrected chi connectivity index (χ4v) is 2.63. The number of aromatic nitrogens is 1. The minimum atomic E-state index is -1.00. The van der Waals surface area contributed by atoms with Crippen LogP contribution in [0.15, 0.2) is 17.5 Å². The third kappa shape index (κ3) is 3.49. The quantitative estimate of drug-likeness (QED) is 0.914. The lowest BCUT2D eigenvalue weighted by atomic mass is 10.1. The maximum Gasteiger partial charge on any atom is 0.355 e. The summed E-state index contributed by atoms with van der Waals surface area (Å²) in [6.45, 7) is 4.32. The number of hydrogen-bond donors (Lipinski definition) is 1. The first-order valence-electron chi connectivity index (χ1n) is 6.04. The van der Waals surface area contributed by atoms with Gasteiger partial charge in [-0.2, -0.15) is 0 Å². The Morgan fingerprint density at radius 2 is 2.05 bits per heavy atom. The molecule has 0 unspecified atom stereocenters. The minimum absolute atomic E-state index is 0.0863. The highest BCUT2D eigenvalue weighted by atomic mass is 35.5. The topological polar surface area (TPSA) is 59.4 Å². The molecule has 0 saturated carbocycles. The summed E-state index contributed by atoms with van der Waals surface area (Å²) in [7, 11) is 0. The van der Waals surface area contributed by atoms with Crippen molar-refractivity contribution in [3.8, 4) is 5.75 Å². The van der Waals surface area contributed by atoms with Crippen LogP contribution >= 0.6 is 22.9 Å². The number of halogens is 1. The largest absolute Gasteiger partial charge is 0.493 e. The molecule has 20 heavy (non-hydrogen) atoms. The number of aryl methyl sites for hydroxylation is 2. The number of ether oxygens (including phenoxy) is 1. The monoisotopic (exact) mass is 311 g/mol. The second-order valence-corrected chi connectivity index (χ2v) is 5.72. The van der Waals surface area contributed by atoms with Gasteiger partial charge < -0.3 is 9.84 Å². The van der Waals surface area contributed by atoms with Gasteiger partial charge in [-0.25, -0.2) is 9.78 Å². The Balaban J connectivity index is 1.94. The molecule has 106 valence electrons. The van der Waals surface area contributed by atoms with E-state index in [9.17, 15) is 4.79 Å². The van der Waals surface area contributed by atoms with Crippen LogP contribution in [0, 0.1) is 13.8 Å². The van der Waals surface area contributed by atoms with Gasteiger partial charge in [0.25, 0.3) is 0 Å². The van der Waals surface area contributed by atoms with Crippen LogP contribution < -0.4 is 4.74 Å². The number of benzene rings is 1. The van der Waals surface area contributed by atoms with Crippen molar-refractivity contribution in [1.29, 1.82) is 0 Å². The summed E-state index contributed by atoms with van der Waals surface area (Å²) in [5.41, 5.74) is 2.04. The molecule has 0 saturated heterocycles. The van der Waals surface area contributed by atoms with Gasteiger partial charge in [0.1, 0.15) is 5.75 Å². The van der Waals surface area contributed by atoms with Crippen molar-refractivity contribution in [3.05, 3.63) is 44.4 Å². The van der Waals surface area contributed by atoms with E-state index < -0.39 is 5.97 Å². The summed E-state index contributed by atoms with van der Waals surface area (Å²) in [6.07, 6.45) is 0.582. The lowest BCUT2D eigenvalue weighted by Crippen LogP contribution is -2.03. The summed E-state index contributed by atoms with van der Waals surface area (Å²) < 4.78 is 5.66. The van der Waals surface area contributed by atoms with Crippen LogP contribution in [0.1, 0.15) is 26.6 Å². The molecule has 0 aliphatic carbocycles.